The highest BCUT2D eigenvalue weighted by Crippen LogP contribution is 2.31. The monoisotopic (exact) mass is 261 g/mol. The van der Waals surface area contributed by atoms with Crippen molar-refractivity contribution >= 4 is 5.91 Å². The molecule has 0 N–H and O–H groups in total. The molecule has 0 aromatic heterocycles. The van der Waals surface area contributed by atoms with Crippen molar-refractivity contribution in [1.82, 2.24) is 4.90 Å². The number of benzene rings is 1. The molecule has 2 rings (SSSR count). The van der Waals surface area contributed by atoms with Crippen LogP contribution < -0.4 is 4.74 Å². The number of hydrogen-bond acceptors (Lipinski definition) is 2. The topological polar surface area (TPSA) is 29.5 Å². The van der Waals surface area contributed by atoms with E-state index in [-0.39, 0.29) is 5.91 Å². The Labute approximate surface area is 115 Å². The number of amides is 1. The highest BCUT2D eigenvalue weighted by Gasteiger charge is 2.23. The van der Waals surface area contributed by atoms with Crippen molar-refractivity contribution in [2.75, 3.05) is 20.2 Å². The molecule has 1 aromatic rings. The van der Waals surface area contributed by atoms with E-state index < -0.39 is 0 Å². The molecule has 0 saturated carbocycles. The van der Waals surface area contributed by atoms with Crippen LogP contribution in [0.5, 0.6) is 5.75 Å². The van der Waals surface area contributed by atoms with Crippen LogP contribution >= 0.6 is 0 Å². The number of aryl methyl sites for hydroxylation is 1. The van der Waals surface area contributed by atoms with Gasteiger partial charge in [-0.2, -0.15) is 0 Å². The summed E-state index contributed by atoms with van der Waals surface area (Å²) >= 11 is 0. The third-order valence-electron chi connectivity index (χ3n) is 4.04. The number of carbonyl (C=O) groups is 1. The van der Waals surface area contributed by atoms with Gasteiger partial charge in [0.1, 0.15) is 5.75 Å². The van der Waals surface area contributed by atoms with Crippen molar-refractivity contribution < 1.29 is 9.53 Å². The van der Waals surface area contributed by atoms with E-state index in [2.05, 4.69) is 19.1 Å². The minimum absolute atomic E-state index is 0.282. The van der Waals surface area contributed by atoms with Crippen molar-refractivity contribution in [2.45, 2.75) is 39.0 Å². The largest absolute Gasteiger partial charge is 0.496 e. The molecule has 0 spiro atoms. The summed E-state index contributed by atoms with van der Waals surface area (Å²) in [7, 11) is 1.71. The lowest BCUT2D eigenvalue weighted by atomic mass is 9.88. The summed E-state index contributed by atoms with van der Waals surface area (Å²) in [6.45, 7) is 5.80. The van der Waals surface area contributed by atoms with Crippen LogP contribution in [-0.4, -0.2) is 31.0 Å². The quantitative estimate of drug-likeness (QED) is 0.836. The average molecular weight is 261 g/mol. The Morgan fingerprint density at radius 1 is 1.37 bits per heavy atom. The van der Waals surface area contributed by atoms with Gasteiger partial charge in [-0.1, -0.05) is 19.1 Å². The minimum atomic E-state index is 0.282. The molecule has 1 amide bonds. The van der Waals surface area contributed by atoms with E-state index in [4.69, 9.17) is 4.74 Å². The first-order valence-electron chi connectivity index (χ1n) is 7.08. The predicted molar refractivity (Wildman–Crippen MR) is 76.6 cm³/mol. The summed E-state index contributed by atoms with van der Waals surface area (Å²) in [5.74, 6) is 1.80. The third-order valence-corrected chi connectivity index (χ3v) is 4.04. The van der Waals surface area contributed by atoms with Crippen molar-refractivity contribution in [3.05, 3.63) is 29.3 Å². The van der Waals surface area contributed by atoms with Gasteiger partial charge < -0.3 is 9.64 Å². The van der Waals surface area contributed by atoms with E-state index in [1.165, 1.54) is 11.1 Å². The molecule has 1 saturated heterocycles. The second-order valence-corrected chi connectivity index (χ2v) is 5.24. The second kappa shape index (κ2) is 6.09. The van der Waals surface area contributed by atoms with Gasteiger partial charge in [-0.3, -0.25) is 4.79 Å². The van der Waals surface area contributed by atoms with Gasteiger partial charge in [0.05, 0.1) is 7.11 Å². The maximum atomic E-state index is 11.7. The van der Waals surface area contributed by atoms with Crippen LogP contribution in [0.15, 0.2) is 18.2 Å². The van der Waals surface area contributed by atoms with E-state index in [0.29, 0.717) is 12.3 Å². The molecule has 1 aromatic carbocycles. The molecular weight excluding hydrogens is 238 g/mol. The second-order valence-electron chi connectivity index (χ2n) is 5.24. The molecule has 0 atom stereocenters. The summed E-state index contributed by atoms with van der Waals surface area (Å²) in [4.78, 5) is 13.6. The molecule has 104 valence electrons. The Kier molecular flexibility index (Phi) is 4.46. The highest BCUT2D eigenvalue weighted by atomic mass is 16.5. The number of ether oxygens (including phenoxy) is 1. The molecule has 3 heteroatoms. The fraction of sp³-hybridized carbons (Fsp3) is 0.562. The van der Waals surface area contributed by atoms with Gasteiger partial charge in [-0.15, -0.1) is 0 Å². The number of carbonyl (C=O) groups excluding carboxylic acids is 1. The van der Waals surface area contributed by atoms with Crippen LogP contribution in [0.2, 0.25) is 0 Å². The molecule has 1 fully saturated rings. The zero-order valence-corrected chi connectivity index (χ0v) is 12.1. The van der Waals surface area contributed by atoms with Gasteiger partial charge in [0.2, 0.25) is 5.91 Å². The number of rotatable bonds is 3. The highest BCUT2D eigenvalue weighted by molar-refractivity contribution is 5.75. The minimum Gasteiger partial charge on any atom is -0.496 e. The maximum Gasteiger partial charge on any atom is 0.222 e. The van der Waals surface area contributed by atoms with Crippen LogP contribution in [-0.2, 0) is 4.79 Å². The van der Waals surface area contributed by atoms with E-state index >= 15 is 0 Å². The van der Waals surface area contributed by atoms with Crippen molar-refractivity contribution in [3.8, 4) is 5.75 Å². The first kappa shape index (κ1) is 13.9. The lowest BCUT2D eigenvalue weighted by molar-refractivity contribution is -0.131. The number of likely N-dealkylation sites (tertiary alicyclic amines) is 1. The Bertz CT molecular complexity index is 448. The van der Waals surface area contributed by atoms with Crippen molar-refractivity contribution in [3.63, 3.8) is 0 Å². The lowest BCUT2D eigenvalue weighted by Gasteiger charge is -2.32. The van der Waals surface area contributed by atoms with Gasteiger partial charge in [0.15, 0.2) is 0 Å². The molecule has 0 unspecified atom stereocenters. The Morgan fingerprint density at radius 3 is 2.58 bits per heavy atom. The van der Waals surface area contributed by atoms with E-state index in [0.717, 1.165) is 31.7 Å². The Hall–Kier alpha value is -1.51. The standard InChI is InChI=1S/C16H23NO2/c1-4-16(18)17-9-7-13(8-10-17)14-5-6-15(19-3)12(2)11-14/h5-6,11,13H,4,7-10H2,1-3H3. The van der Waals surface area contributed by atoms with Crippen molar-refractivity contribution in [1.29, 1.82) is 0 Å². The van der Waals surface area contributed by atoms with Gasteiger partial charge in [-0.05, 0) is 42.9 Å². The van der Waals surface area contributed by atoms with Crippen LogP contribution in [0.25, 0.3) is 0 Å². The molecular formula is C16H23NO2. The first-order chi connectivity index (χ1) is 9.15. The normalized spacial score (nSPS) is 16.5. The molecule has 19 heavy (non-hydrogen) atoms. The fourth-order valence-corrected chi connectivity index (χ4v) is 2.84. The van der Waals surface area contributed by atoms with Crippen LogP contribution in [0.4, 0.5) is 0 Å². The predicted octanol–water partition coefficient (Wildman–Crippen LogP) is 3.12. The smallest absolute Gasteiger partial charge is 0.222 e. The summed E-state index contributed by atoms with van der Waals surface area (Å²) in [6, 6.07) is 6.43. The molecule has 3 nitrogen and oxygen atoms in total. The van der Waals surface area contributed by atoms with Crippen LogP contribution in [0.3, 0.4) is 0 Å². The lowest BCUT2D eigenvalue weighted by Crippen LogP contribution is -2.37. The van der Waals surface area contributed by atoms with E-state index in [1.807, 2.05) is 17.9 Å². The summed E-state index contributed by atoms with van der Waals surface area (Å²) in [5.41, 5.74) is 2.56. The number of methoxy groups -OCH3 is 1. The molecule has 1 aliphatic rings. The summed E-state index contributed by atoms with van der Waals surface area (Å²) in [5, 5.41) is 0. The van der Waals surface area contributed by atoms with Gasteiger partial charge >= 0.3 is 0 Å². The van der Waals surface area contributed by atoms with Crippen LogP contribution in [0.1, 0.15) is 43.2 Å². The summed E-state index contributed by atoms with van der Waals surface area (Å²) in [6.07, 6.45) is 2.75. The average Bonchev–Trinajstić information content (AvgIpc) is 2.46. The first-order valence-corrected chi connectivity index (χ1v) is 7.08. The van der Waals surface area contributed by atoms with Gasteiger partial charge in [-0.25, -0.2) is 0 Å². The van der Waals surface area contributed by atoms with Crippen LogP contribution in [0, 0.1) is 6.92 Å². The van der Waals surface area contributed by atoms with E-state index in [9.17, 15) is 4.79 Å². The zero-order chi connectivity index (χ0) is 13.8. The van der Waals surface area contributed by atoms with Gasteiger partial charge in [0.25, 0.3) is 0 Å². The zero-order valence-electron chi connectivity index (χ0n) is 12.1. The molecule has 0 bridgehead atoms. The van der Waals surface area contributed by atoms with E-state index in [1.54, 1.807) is 7.11 Å². The summed E-state index contributed by atoms with van der Waals surface area (Å²) < 4.78 is 5.30. The number of hydrogen-bond donors (Lipinski definition) is 0. The van der Waals surface area contributed by atoms with Gasteiger partial charge in [0, 0.05) is 19.5 Å². The molecule has 0 radical (unpaired) electrons. The SMILES string of the molecule is CCC(=O)N1CCC(c2ccc(OC)c(C)c2)CC1. The molecule has 1 heterocycles. The number of piperidine rings is 1. The number of nitrogens with zero attached hydrogens (tertiary/aromatic N) is 1. The Balaban J connectivity index is 2.01. The van der Waals surface area contributed by atoms with Crippen molar-refractivity contribution in [2.24, 2.45) is 0 Å². The third kappa shape index (κ3) is 3.09. The Morgan fingerprint density at radius 2 is 2.05 bits per heavy atom. The molecule has 0 aliphatic carbocycles. The maximum absolute atomic E-state index is 11.7. The fourth-order valence-electron chi connectivity index (χ4n) is 2.84. The molecule has 1 aliphatic heterocycles.